The predicted molar refractivity (Wildman–Crippen MR) is 77.6 cm³/mol. The number of rotatable bonds is 5. The van der Waals surface area contributed by atoms with Gasteiger partial charge in [-0.1, -0.05) is 19.1 Å². The Kier molecular flexibility index (Phi) is 5.23. The average molecular weight is 282 g/mol. The van der Waals surface area contributed by atoms with E-state index in [2.05, 4.69) is 12.2 Å². The van der Waals surface area contributed by atoms with Gasteiger partial charge in [0.2, 0.25) is 5.91 Å². The fourth-order valence-electron chi connectivity index (χ4n) is 2.45. The van der Waals surface area contributed by atoms with E-state index in [1.54, 1.807) is 0 Å². The second-order valence-electron chi connectivity index (χ2n) is 4.84. The quantitative estimate of drug-likeness (QED) is 0.842. The van der Waals surface area contributed by atoms with Crippen molar-refractivity contribution in [1.82, 2.24) is 0 Å². The van der Waals surface area contributed by atoms with Gasteiger partial charge in [-0.15, -0.1) is 11.6 Å². The van der Waals surface area contributed by atoms with Gasteiger partial charge in [-0.2, -0.15) is 0 Å². The van der Waals surface area contributed by atoms with Gasteiger partial charge in [0, 0.05) is 18.2 Å². The summed E-state index contributed by atoms with van der Waals surface area (Å²) in [5.41, 5.74) is 2.02. The van der Waals surface area contributed by atoms with Crippen LogP contribution in [0.5, 0.6) is 0 Å². The third-order valence-corrected chi connectivity index (χ3v) is 3.74. The van der Waals surface area contributed by atoms with Crippen LogP contribution in [-0.2, 0) is 16.0 Å². The van der Waals surface area contributed by atoms with E-state index in [9.17, 15) is 4.79 Å². The summed E-state index contributed by atoms with van der Waals surface area (Å²) in [6.07, 6.45) is 2.61. The first-order chi connectivity index (χ1) is 9.24. The van der Waals surface area contributed by atoms with E-state index >= 15 is 0 Å². The Hall–Kier alpha value is -1.06. The number of carbonyl (C=O) groups is 1. The Morgan fingerprint density at radius 1 is 1.42 bits per heavy atom. The lowest BCUT2D eigenvalue weighted by Crippen LogP contribution is -2.29. The van der Waals surface area contributed by atoms with Crippen LogP contribution in [-0.4, -0.2) is 24.5 Å². The van der Waals surface area contributed by atoms with Crippen LogP contribution in [0.2, 0.25) is 0 Å². The van der Waals surface area contributed by atoms with E-state index in [1.165, 1.54) is 5.56 Å². The van der Waals surface area contributed by atoms with Crippen molar-refractivity contribution >= 4 is 23.2 Å². The third-order valence-electron chi connectivity index (χ3n) is 3.55. The highest BCUT2D eigenvalue weighted by atomic mass is 35.5. The van der Waals surface area contributed by atoms with Crippen LogP contribution in [0.4, 0.5) is 5.69 Å². The van der Waals surface area contributed by atoms with Crippen LogP contribution < -0.4 is 5.32 Å². The lowest BCUT2D eigenvalue weighted by atomic mass is 9.98. The van der Waals surface area contributed by atoms with Crippen molar-refractivity contribution in [3.05, 3.63) is 29.8 Å². The molecule has 0 spiro atoms. The molecule has 0 saturated carbocycles. The molecular formula is C15H20ClNO2. The Morgan fingerprint density at radius 3 is 2.79 bits per heavy atom. The second-order valence-corrected chi connectivity index (χ2v) is 5.22. The van der Waals surface area contributed by atoms with Crippen molar-refractivity contribution < 1.29 is 9.53 Å². The molecule has 1 aliphatic heterocycles. The molecular weight excluding hydrogens is 262 g/mol. The first kappa shape index (κ1) is 14.4. The minimum Gasteiger partial charge on any atom is -0.377 e. The zero-order chi connectivity index (χ0) is 13.7. The van der Waals surface area contributed by atoms with E-state index in [1.807, 2.05) is 24.3 Å². The van der Waals surface area contributed by atoms with E-state index in [4.69, 9.17) is 16.3 Å². The van der Waals surface area contributed by atoms with Crippen LogP contribution >= 0.6 is 11.6 Å². The average Bonchev–Trinajstić information content (AvgIpc) is 2.90. The lowest BCUT2D eigenvalue weighted by molar-refractivity contribution is -0.121. The van der Waals surface area contributed by atoms with Crippen molar-refractivity contribution in [2.75, 3.05) is 17.8 Å². The molecule has 2 atom stereocenters. The molecule has 2 unspecified atom stereocenters. The summed E-state index contributed by atoms with van der Waals surface area (Å²) >= 11 is 5.69. The Balaban J connectivity index is 1.94. The summed E-state index contributed by atoms with van der Waals surface area (Å²) in [5.74, 6) is 0.658. The maximum atomic E-state index is 12.2. The second kappa shape index (κ2) is 6.92. The lowest BCUT2D eigenvalue weighted by Gasteiger charge is -2.16. The molecule has 2 rings (SSSR count). The monoisotopic (exact) mass is 281 g/mol. The summed E-state index contributed by atoms with van der Waals surface area (Å²) in [7, 11) is 0. The molecule has 1 aromatic carbocycles. The minimum absolute atomic E-state index is 0.0208. The molecule has 1 amide bonds. The maximum absolute atomic E-state index is 12.2. The molecule has 104 valence electrons. The maximum Gasteiger partial charge on any atom is 0.230 e. The molecule has 3 nitrogen and oxygen atoms in total. The largest absolute Gasteiger partial charge is 0.377 e. The fourth-order valence-corrected chi connectivity index (χ4v) is 2.67. The third kappa shape index (κ3) is 3.71. The number of anilines is 1. The number of hydrogen-bond acceptors (Lipinski definition) is 2. The van der Waals surface area contributed by atoms with Crippen LogP contribution in [0.3, 0.4) is 0 Å². The van der Waals surface area contributed by atoms with Gasteiger partial charge >= 0.3 is 0 Å². The van der Waals surface area contributed by atoms with Crippen LogP contribution in [0.1, 0.15) is 25.3 Å². The zero-order valence-corrected chi connectivity index (χ0v) is 12.0. The summed E-state index contributed by atoms with van der Waals surface area (Å²) in [6, 6.07) is 7.86. The van der Waals surface area contributed by atoms with Crippen molar-refractivity contribution in [3.63, 3.8) is 0 Å². The van der Waals surface area contributed by atoms with Crippen molar-refractivity contribution in [3.8, 4) is 0 Å². The first-order valence-corrected chi connectivity index (χ1v) is 7.35. The SMILES string of the molecule is CCC1OCCC1C(=O)Nc1ccc(CCCl)cc1. The molecule has 1 aromatic rings. The van der Waals surface area contributed by atoms with Gasteiger partial charge in [0.15, 0.2) is 0 Å². The van der Waals surface area contributed by atoms with Gasteiger partial charge in [0.1, 0.15) is 0 Å². The topological polar surface area (TPSA) is 38.3 Å². The molecule has 1 N–H and O–H groups in total. The molecule has 1 saturated heterocycles. The smallest absolute Gasteiger partial charge is 0.230 e. The van der Waals surface area contributed by atoms with Crippen molar-refractivity contribution in [2.24, 2.45) is 5.92 Å². The highest BCUT2D eigenvalue weighted by molar-refractivity contribution is 6.17. The highest BCUT2D eigenvalue weighted by Gasteiger charge is 2.32. The van der Waals surface area contributed by atoms with Gasteiger partial charge in [-0.3, -0.25) is 4.79 Å². The molecule has 0 aliphatic carbocycles. The summed E-state index contributed by atoms with van der Waals surface area (Å²) in [6.45, 7) is 2.74. The van der Waals surface area contributed by atoms with Crippen LogP contribution in [0.25, 0.3) is 0 Å². The predicted octanol–water partition coefficient (Wildman–Crippen LogP) is 3.22. The molecule has 0 radical (unpaired) electrons. The summed E-state index contributed by atoms with van der Waals surface area (Å²) in [4.78, 5) is 12.2. The van der Waals surface area contributed by atoms with Gasteiger partial charge in [-0.05, 0) is 37.0 Å². The highest BCUT2D eigenvalue weighted by Crippen LogP contribution is 2.25. The Morgan fingerprint density at radius 2 is 2.16 bits per heavy atom. The number of amides is 1. The molecule has 4 heteroatoms. The number of ether oxygens (including phenoxy) is 1. The van der Waals surface area contributed by atoms with Gasteiger partial charge in [-0.25, -0.2) is 0 Å². The number of halogens is 1. The normalized spacial score (nSPS) is 22.4. The van der Waals surface area contributed by atoms with E-state index < -0.39 is 0 Å². The first-order valence-electron chi connectivity index (χ1n) is 6.82. The molecule has 0 bridgehead atoms. The number of aryl methyl sites for hydroxylation is 1. The van der Waals surface area contributed by atoms with Crippen molar-refractivity contribution in [1.29, 1.82) is 0 Å². The van der Waals surface area contributed by atoms with Gasteiger partial charge in [0.05, 0.1) is 12.0 Å². The zero-order valence-electron chi connectivity index (χ0n) is 11.2. The number of hydrogen-bond donors (Lipinski definition) is 1. The number of carbonyl (C=O) groups excluding carboxylic acids is 1. The number of nitrogens with one attached hydrogen (secondary N) is 1. The Labute approximate surface area is 119 Å². The molecule has 1 fully saturated rings. The van der Waals surface area contributed by atoms with Crippen LogP contribution in [0, 0.1) is 5.92 Å². The van der Waals surface area contributed by atoms with Gasteiger partial charge in [0.25, 0.3) is 0 Å². The van der Waals surface area contributed by atoms with Crippen LogP contribution in [0.15, 0.2) is 24.3 Å². The fraction of sp³-hybridized carbons (Fsp3) is 0.533. The summed E-state index contributed by atoms with van der Waals surface area (Å²) in [5, 5.41) is 2.97. The Bertz CT molecular complexity index is 419. The molecule has 1 aliphatic rings. The number of alkyl halides is 1. The molecule has 19 heavy (non-hydrogen) atoms. The minimum atomic E-state index is -0.0208. The van der Waals surface area contributed by atoms with Crippen molar-refractivity contribution in [2.45, 2.75) is 32.3 Å². The number of benzene rings is 1. The standard InChI is InChI=1S/C15H20ClNO2/c1-2-14-13(8-10-19-14)15(18)17-12-5-3-11(4-6-12)7-9-16/h3-6,13-14H,2,7-10H2,1H3,(H,17,18). The van der Waals surface area contributed by atoms with E-state index in [0.717, 1.165) is 24.9 Å². The van der Waals surface area contributed by atoms with E-state index in [-0.39, 0.29) is 17.9 Å². The molecule has 1 heterocycles. The van der Waals surface area contributed by atoms with Gasteiger partial charge < -0.3 is 10.1 Å². The molecule has 0 aromatic heterocycles. The van der Waals surface area contributed by atoms with E-state index in [0.29, 0.717) is 12.5 Å². The summed E-state index contributed by atoms with van der Waals surface area (Å²) < 4.78 is 5.55.